The Labute approximate surface area is 55.1 Å². The highest BCUT2D eigenvalue weighted by molar-refractivity contribution is 6.18. The molecule has 0 heterocycles. The van der Waals surface area contributed by atoms with Gasteiger partial charge in [0, 0.05) is 5.71 Å². The molecule has 0 saturated heterocycles. The minimum atomic E-state index is 0.357. The molecule has 8 heavy (non-hydrogen) atoms. The molecule has 2 heteroatoms. The second-order valence-corrected chi connectivity index (χ2v) is 1.66. The van der Waals surface area contributed by atoms with Gasteiger partial charge in [0.2, 0.25) is 0 Å². The minimum Gasteiger partial charge on any atom is -0.274 e. The van der Waals surface area contributed by atoms with Gasteiger partial charge in [0.1, 0.15) is 6.00 Å². The van der Waals surface area contributed by atoms with Crippen LogP contribution in [-0.4, -0.2) is 11.7 Å². The lowest BCUT2D eigenvalue weighted by atomic mass is 10.4. The van der Waals surface area contributed by atoms with E-state index in [2.05, 4.69) is 4.99 Å². The lowest BCUT2D eigenvalue weighted by Crippen LogP contribution is -1.82. The van der Waals surface area contributed by atoms with Crippen LogP contribution in [0.4, 0.5) is 0 Å². The Morgan fingerprint density at radius 3 is 2.75 bits per heavy atom. The molecule has 0 unspecified atom stereocenters. The number of rotatable bonds is 2. The fraction of sp³-hybridized carbons (Fsp3) is 0.500. The van der Waals surface area contributed by atoms with Crippen LogP contribution in [0.1, 0.15) is 13.8 Å². The summed E-state index contributed by atoms with van der Waals surface area (Å²) in [6, 6.07) is 0.357. The smallest absolute Gasteiger partial charge is 0.113 e. The van der Waals surface area contributed by atoms with Crippen molar-refractivity contribution in [3.8, 4) is 0 Å². The molecule has 0 bridgehead atoms. The zero-order valence-electron chi connectivity index (χ0n) is 5.19. The highest BCUT2D eigenvalue weighted by Crippen LogP contribution is 1.82. The van der Waals surface area contributed by atoms with Gasteiger partial charge in [-0.25, -0.2) is 0 Å². The normalized spacial score (nSPS) is 13.1. The second kappa shape index (κ2) is 4.85. The second-order valence-electron chi connectivity index (χ2n) is 1.42. The third-order valence-corrected chi connectivity index (χ3v) is 0.837. The summed E-state index contributed by atoms with van der Waals surface area (Å²) in [6.45, 7) is 3.87. The highest BCUT2D eigenvalue weighted by Gasteiger charge is 1.76. The molecule has 0 atom stereocenters. The number of halogens is 1. The lowest BCUT2D eigenvalue weighted by Gasteiger charge is -1.84. The number of alkyl halides is 1. The van der Waals surface area contributed by atoms with Crippen LogP contribution in [0.15, 0.2) is 17.1 Å². The third-order valence-electron chi connectivity index (χ3n) is 0.717. The van der Waals surface area contributed by atoms with Crippen molar-refractivity contribution in [2.45, 2.75) is 13.8 Å². The SMILES string of the molecule is C/C=C/C(C)=NCCl. The topological polar surface area (TPSA) is 12.4 Å². The van der Waals surface area contributed by atoms with Crippen molar-refractivity contribution in [2.75, 3.05) is 6.00 Å². The van der Waals surface area contributed by atoms with Gasteiger partial charge in [0.15, 0.2) is 0 Å². The van der Waals surface area contributed by atoms with E-state index in [1.807, 2.05) is 26.0 Å². The zero-order valence-corrected chi connectivity index (χ0v) is 5.94. The maximum atomic E-state index is 5.31. The van der Waals surface area contributed by atoms with E-state index in [9.17, 15) is 0 Å². The molecule has 0 spiro atoms. The minimum absolute atomic E-state index is 0.357. The zero-order chi connectivity index (χ0) is 6.41. The van der Waals surface area contributed by atoms with E-state index in [0.717, 1.165) is 5.71 Å². The monoisotopic (exact) mass is 131 g/mol. The van der Waals surface area contributed by atoms with Crippen molar-refractivity contribution in [3.05, 3.63) is 12.2 Å². The Morgan fingerprint density at radius 2 is 2.38 bits per heavy atom. The van der Waals surface area contributed by atoms with Crippen molar-refractivity contribution in [1.29, 1.82) is 0 Å². The average Bonchev–Trinajstić information content (AvgIpc) is 1.68. The Balaban J connectivity index is 3.61. The van der Waals surface area contributed by atoms with E-state index in [-0.39, 0.29) is 0 Å². The third kappa shape index (κ3) is 3.88. The first-order valence-electron chi connectivity index (χ1n) is 2.51. The molecule has 1 nitrogen and oxygen atoms in total. The number of nitrogens with zero attached hydrogens (tertiary/aromatic N) is 1. The largest absolute Gasteiger partial charge is 0.274 e. The Kier molecular flexibility index (Phi) is 4.67. The lowest BCUT2D eigenvalue weighted by molar-refractivity contribution is 1.35. The van der Waals surface area contributed by atoms with E-state index < -0.39 is 0 Å². The molecular weight excluding hydrogens is 122 g/mol. The van der Waals surface area contributed by atoms with Gasteiger partial charge in [-0.3, -0.25) is 4.99 Å². The van der Waals surface area contributed by atoms with Crippen LogP contribution in [0.2, 0.25) is 0 Å². The van der Waals surface area contributed by atoms with Crippen molar-refractivity contribution in [3.63, 3.8) is 0 Å². The molecule has 0 aliphatic rings. The first-order chi connectivity index (χ1) is 3.81. The number of hydrogen-bond donors (Lipinski definition) is 0. The van der Waals surface area contributed by atoms with Crippen molar-refractivity contribution in [1.82, 2.24) is 0 Å². The summed E-state index contributed by atoms with van der Waals surface area (Å²) >= 11 is 5.31. The van der Waals surface area contributed by atoms with Gasteiger partial charge >= 0.3 is 0 Å². The summed E-state index contributed by atoms with van der Waals surface area (Å²) in [5.41, 5.74) is 0.975. The fourth-order valence-electron chi connectivity index (χ4n) is 0.388. The van der Waals surface area contributed by atoms with Gasteiger partial charge in [-0.2, -0.15) is 0 Å². The predicted molar refractivity (Wildman–Crippen MR) is 38.6 cm³/mol. The highest BCUT2D eigenvalue weighted by atomic mass is 35.5. The van der Waals surface area contributed by atoms with Gasteiger partial charge < -0.3 is 0 Å². The van der Waals surface area contributed by atoms with Gasteiger partial charge in [-0.1, -0.05) is 6.08 Å². The predicted octanol–water partition coefficient (Wildman–Crippen LogP) is 2.22. The van der Waals surface area contributed by atoms with Crippen molar-refractivity contribution < 1.29 is 0 Å². The first-order valence-corrected chi connectivity index (χ1v) is 3.04. The van der Waals surface area contributed by atoms with Gasteiger partial charge in [-0.05, 0) is 19.9 Å². The Bertz CT molecular complexity index is 105. The molecule has 0 rings (SSSR count). The fourth-order valence-corrected chi connectivity index (χ4v) is 0.577. The van der Waals surface area contributed by atoms with E-state index in [1.54, 1.807) is 0 Å². The molecule has 0 amide bonds. The van der Waals surface area contributed by atoms with E-state index in [1.165, 1.54) is 0 Å². The molecular formula is C6H10ClN. The average molecular weight is 132 g/mol. The summed E-state index contributed by atoms with van der Waals surface area (Å²) in [6.07, 6.45) is 3.85. The van der Waals surface area contributed by atoms with Crippen LogP contribution < -0.4 is 0 Å². The summed E-state index contributed by atoms with van der Waals surface area (Å²) in [5, 5.41) is 0. The van der Waals surface area contributed by atoms with Crippen molar-refractivity contribution >= 4 is 17.3 Å². The van der Waals surface area contributed by atoms with Crippen LogP contribution in [0.5, 0.6) is 0 Å². The standard InChI is InChI=1S/C6H10ClN/c1-3-4-6(2)8-5-7/h3-4H,5H2,1-2H3/b4-3+,8-6?. The summed E-state index contributed by atoms with van der Waals surface area (Å²) in [5.74, 6) is 0. The van der Waals surface area contributed by atoms with E-state index in [0.29, 0.717) is 6.00 Å². The molecule has 0 aromatic heterocycles. The van der Waals surface area contributed by atoms with Crippen LogP contribution in [0, 0.1) is 0 Å². The van der Waals surface area contributed by atoms with Crippen molar-refractivity contribution in [2.24, 2.45) is 4.99 Å². The summed E-state index contributed by atoms with van der Waals surface area (Å²) in [7, 11) is 0. The van der Waals surface area contributed by atoms with Gasteiger partial charge in [-0.15, -0.1) is 11.6 Å². The molecule has 0 aromatic carbocycles. The van der Waals surface area contributed by atoms with Gasteiger partial charge in [0.05, 0.1) is 0 Å². The van der Waals surface area contributed by atoms with E-state index >= 15 is 0 Å². The molecule has 0 aromatic rings. The number of aliphatic imine (C=N–C) groups is 1. The van der Waals surface area contributed by atoms with Crippen LogP contribution in [0.25, 0.3) is 0 Å². The molecule has 0 radical (unpaired) electrons. The van der Waals surface area contributed by atoms with Crippen LogP contribution in [0.3, 0.4) is 0 Å². The Hall–Kier alpha value is -0.300. The maximum absolute atomic E-state index is 5.31. The molecule has 0 saturated carbocycles. The van der Waals surface area contributed by atoms with Crippen LogP contribution in [-0.2, 0) is 0 Å². The molecule has 0 aliphatic carbocycles. The van der Waals surface area contributed by atoms with E-state index in [4.69, 9.17) is 11.6 Å². The molecule has 0 aliphatic heterocycles. The number of hydrogen-bond acceptors (Lipinski definition) is 1. The molecule has 0 N–H and O–H groups in total. The Morgan fingerprint density at radius 1 is 1.75 bits per heavy atom. The van der Waals surface area contributed by atoms with Gasteiger partial charge in [0.25, 0.3) is 0 Å². The summed E-state index contributed by atoms with van der Waals surface area (Å²) in [4.78, 5) is 3.91. The quantitative estimate of drug-likeness (QED) is 0.310. The molecule has 46 valence electrons. The first kappa shape index (κ1) is 7.70. The summed E-state index contributed by atoms with van der Waals surface area (Å²) < 4.78 is 0. The van der Waals surface area contributed by atoms with Crippen LogP contribution >= 0.6 is 11.6 Å². The number of allylic oxidation sites excluding steroid dienone is 2. The maximum Gasteiger partial charge on any atom is 0.113 e. The molecule has 0 fully saturated rings.